The van der Waals surface area contributed by atoms with Crippen LogP contribution in [0, 0.1) is 0 Å². The summed E-state index contributed by atoms with van der Waals surface area (Å²) in [6.07, 6.45) is 49.9. The summed E-state index contributed by atoms with van der Waals surface area (Å²) in [6.45, 7) is 3.43. The first-order valence-corrected chi connectivity index (χ1v) is 20.6. The Morgan fingerprint density at radius 3 is 1.49 bits per heavy atom. The number of hydrogen-bond donors (Lipinski definition) is 2. The van der Waals surface area contributed by atoms with Gasteiger partial charge in [0.2, 0.25) is 0 Å². The van der Waals surface area contributed by atoms with E-state index < -0.39 is 32.5 Å². The van der Waals surface area contributed by atoms with Crippen LogP contribution in [-0.4, -0.2) is 41.0 Å². The molecule has 0 saturated heterocycles. The fourth-order valence-corrected chi connectivity index (χ4v) is 4.89. The Bertz CT molecular complexity index is 1140. The Morgan fingerprint density at radius 1 is 0.529 bits per heavy atom. The van der Waals surface area contributed by atoms with Gasteiger partial charge in [-0.15, -0.1) is 0 Å². The molecule has 0 aliphatic heterocycles. The lowest BCUT2D eigenvalue weighted by Gasteiger charge is -2.18. The van der Waals surface area contributed by atoms with Gasteiger partial charge in [0.05, 0.1) is 6.61 Å². The minimum absolute atomic E-state index is 0.0778. The highest BCUT2D eigenvalue weighted by Gasteiger charge is 2.22. The molecule has 2 N–H and O–H groups in total. The zero-order valence-corrected chi connectivity index (χ0v) is 32.3. The first-order chi connectivity index (χ1) is 24.8. The second kappa shape index (κ2) is 36.8. The molecule has 0 aliphatic rings. The number of carbonyl (C=O) groups is 2. The Hall–Kier alpha value is -3.03. The van der Waals surface area contributed by atoms with E-state index in [1.54, 1.807) is 0 Å². The van der Waals surface area contributed by atoms with Gasteiger partial charge in [-0.3, -0.25) is 14.1 Å². The summed E-state index contributed by atoms with van der Waals surface area (Å²) < 4.78 is 26.2. The number of allylic oxidation sites excluding steroid dienone is 16. The van der Waals surface area contributed by atoms with Crippen LogP contribution >= 0.6 is 7.82 Å². The average molecular weight is 731 g/mol. The van der Waals surface area contributed by atoms with Gasteiger partial charge >= 0.3 is 19.8 Å². The molecule has 8 nitrogen and oxygen atoms in total. The SMILES string of the molecule is CC/C=C/C/C=C/C/C=C/C/C=C/C/C=C/C/C=C/CCC(=O)O[C@H](COC(=O)CCCCCCC/C=C/C/C=C/CCCC)COP(=O)(O)O. The van der Waals surface area contributed by atoms with E-state index in [0.29, 0.717) is 12.8 Å². The number of phosphoric ester groups is 1. The number of ether oxygens (including phenoxy) is 2. The summed E-state index contributed by atoms with van der Waals surface area (Å²) in [7, 11) is -4.78. The number of esters is 2. The van der Waals surface area contributed by atoms with Gasteiger partial charge in [0.25, 0.3) is 0 Å². The maximum Gasteiger partial charge on any atom is 0.469 e. The van der Waals surface area contributed by atoms with Crippen molar-refractivity contribution in [3.8, 4) is 0 Å². The highest BCUT2D eigenvalue weighted by molar-refractivity contribution is 7.46. The van der Waals surface area contributed by atoms with Crippen LogP contribution in [0.15, 0.2) is 97.2 Å². The summed E-state index contributed by atoms with van der Waals surface area (Å²) in [5.74, 6) is -1.01. The number of hydrogen-bond acceptors (Lipinski definition) is 6. The lowest BCUT2D eigenvalue weighted by Crippen LogP contribution is -2.29. The fraction of sp³-hybridized carbons (Fsp3) is 0.571. The van der Waals surface area contributed by atoms with E-state index in [9.17, 15) is 14.2 Å². The smallest absolute Gasteiger partial charge is 0.462 e. The molecule has 0 aromatic carbocycles. The van der Waals surface area contributed by atoms with E-state index in [1.807, 2.05) is 12.2 Å². The minimum Gasteiger partial charge on any atom is -0.462 e. The van der Waals surface area contributed by atoms with E-state index in [1.165, 1.54) is 12.8 Å². The van der Waals surface area contributed by atoms with Gasteiger partial charge in [0, 0.05) is 12.8 Å². The van der Waals surface area contributed by atoms with Crippen LogP contribution in [0.25, 0.3) is 0 Å². The maximum absolute atomic E-state index is 12.3. The Morgan fingerprint density at radius 2 is 0.980 bits per heavy atom. The zero-order valence-electron chi connectivity index (χ0n) is 31.5. The third-order valence-electron chi connectivity index (χ3n) is 7.35. The summed E-state index contributed by atoms with van der Waals surface area (Å²) in [5.41, 5.74) is 0. The predicted molar refractivity (Wildman–Crippen MR) is 211 cm³/mol. The number of phosphoric acid groups is 1. The largest absolute Gasteiger partial charge is 0.469 e. The molecule has 0 aromatic rings. The first-order valence-electron chi connectivity index (χ1n) is 19.0. The molecule has 0 radical (unpaired) electrons. The van der Waals surface area contributed by atoms with Crippen molar-refractivity contribution in [1.82, 2.24) is 0 Å². The second-order valence-corrected chi connectivity index (χ2v) is 13.4. The van der Waals surface area contributed by atoms with Crippen molar-refractivity contribution in [2.75, 3.05) is 13.2 Å². The summed E-state index contributed by atoms with van der Waals surface area (Å²) in [5, 5.41) is 0. The Labute approximate surface area is 309 Å². The molecule has 0 amide bonds. The molecule has 1 atom stereocenters. The van der Waals surface area contributed by atoms with Crippen molar-refractivity contribution < 1.29 is 37.9 Å². The van der Waals surface area contributed by atoms with Crippen molar-refractivity contribution in [2.24, 2.45) is 0 Å². The van der Waals surface area contributed by atoms with E-state index >= 15 is 0 Å². The molecule has 0 aromatic heterocycles. The fourth-order valence-electron chi connectivity index (χ4n) is 4.53. The van der Waals surface area contributed by atoms with Crippen LogP contribution in [0.2, 0.25) is 0 Å². The quantitative estimate of drug-likeness (QED) is 0.0296. The van der Waals surface area contributed by atoms with Crippen molar-refractivity contribution in [3.05, 3.63) is 97.2 Å². The average Bonchev–Trinajstić information content (AvgIpc) is 3.10. The number of rotatable bonds is 33. The predicted octanol–water partition coefficient (Wildman–Crippen LogP) is 11.5. The molecule has 0 fully saturated rings. The van der Waals surface area contributed by atoms with Gasteiger partial charge in [-0.2, -0.15) is 0 Å². The minimum atomic E-state index is -4.78. The molecule has 0 rings (SSSR count). The molecule has 51 heavy (non-hydrogen) atoms. The van der Waals surface area contributed by atoms with Crippen LogP contribution in [0.4, 0.5) is 0 Å². The summed E-state index contributed by atoms with van der Waals surface area (Å²) in [4.78, 5) is 42.7. The molecule has 9 heteroatoms. The molecule has 0 saturated carbocycles. The Balaban J connectivity index is 4.16. The third-order valence-corrected chi connectivity index (χ3v) is 7.84. The molecule has 0 aliphatic carbocycles. The van der Waals surface area contributed by atoms with Crippen molar-refractivity contribution in [3.63, 3.8) is 0 Å². The topological polar surface area (TPSA) is 119 Å². The van der Waals surface area contributed by atoms with Crippen LogP contribution in [0.1, 0.15) is 136 Å². The van der Waals surface area contributed by atoms with Gasteiger partial charge in [-0.05, 0) is 77.0 Å². The van der Waals surface area contributed by atoms with Crippen LogP contribution < -0.4 is 0 Å². The van der Waals surface area contributed by atoms with Gasteiger partial charge in [-0.1, -0.05) is 143 Å². The molecule has 0 spiro atoms. The lowest BCUT2D eigenvalue weighted by atomic mass is 10.1. The monoisotopic (exact) mass is 730 g/mol. The normalized spacial score (nSPS) is 13.6. The van der Waals surface area contributed by atoms with Gasteiger partial charge in [0.15, 0.2) is 6.10 Å². The highest BCUT2D eigenvalue weighted by atomic mass is 31.2. The summed E-state index contributed by atoms with van der Waals surface area (Å²) >= 11 is 0. The molecule has 0 heterocycles. The lowest BCUT2D eigenvalue weighted by molar-refractivity contribution is -0.161. The summed E-state index contributed by atoms with van der Waals surface area (Å²) in [6, 6.07) is 0. The van der Waals surface area contributed by atoms with Crippen LogP contribution in [-0.2, 0) is 28.2 Å². The van der Waals surface area contributed by atoms with Crippen LogP contribution in [0.5, 0.6) is 0 Å². The van der Waals surface area contributed by atoms with E-state index in [4.69, 9.17) is 19.3 Å². The van der Waals surface area contributed by atoms with E-state index in [-0.39, 0.29) is 19.4 Å². The van der Waals surface area contributed by atoms with Crippen LogP contribution in [0.3, 0.4) is 0 Å². The van der Waals surface area contributed by atoms with E-state index in [2.05, 4.69) is 103 Å². The van der Waals surface area contributed by atoms with Crippen molar-refractivity contribution in [1.29, 1.82) is 0 Å². The molecule has 0 unspecified atom stereocenters. The zero-order chi connectivity index (χ0) is 37.5. The molecule has 0 bridgehead atoms. The van der Waals surface area contributed by atoms with Gasteiger partial charge < -0.3 is 19.3 Å². The third kappa shape index (κ3) is 39.6. The molecule has 288 valence electrons. The number of unbranched alkanes of at least 4 members (excludes halogenated alkanes) is 7. The van der Waals surface area contributed by atoms with Gasteiger partial charge in [-0.25, -0.2) is 4.57 Å². The first kappa shape index (κ1) is 48.0. The van der Waals surface area contributed by atoms with Gasteiger partial charge in [0.1, 0.15) is 6.61 Å². The second-order valence-electron chi connectivity index (χ2n) is 12.2. The number of carbonyl (C=O) groups excluding carboxylic acids is 2. The maximum atomic E-state index is 12.3. The molecular weight excluding hydrogens is 663 g/mol. The highest BCUT2D eigenvalue weighted by Crippen LogP contribution is 2.35. The molecular formula is C42H67O8P. The standard InChI is InChI=1S/C42H67O8P/c1-3-5-7-9-11-13-15-17-19-20-21-22-23-25-27-29-31-33-35-37-42(44)50-40(39-49-51(45,46)47)38-48-41(43)36-34-32-30-28-26-24-18-16-14-12-10-8-6-4-2/h5,7,10-13,16-19,21-22,25,27,31,33,40H,3-4,6,8-9,14-15,20,23-24,26,28-30,32,34-39H2,1-2H3,(H2,45,46,47)/b7-5+,12-10+,13-11+,18-16+,19-17+,22-21+,27-25+,33-31+/t40-/m1/s1. The van der Waals surface area contributed by atoms with Crippen molar-refractivity contribution >= 4 is 19.8 Å². The van der Waals surface area contributed by atoms with Crippen molar-refractivity contribution in [2.45, 2.75) is 142 Å². The van der Waals surface area contributed by atoms with E-state index in [0.717, 1.165) is 83.5 Å². The Kier molecular flexibility index (Phi) is 34.6.